The molecule has 1 aromatic carbocycles. The van der Waals surface area contributed by atoms with Crippen LogP contribution in [0.25, 0.3) is 0 Å². The Bertz CT molecular complexity index is 548. The minimum Gasteiger partial charge on any atom is -0.398 e. The van der Waals surface area contributed by atoms with Gasteiger partial charge in [-0.2, -0.15) is 0 Å². The minimum atomic E-state index is 0.874. The fourth-order valence-corrected chi connectivity index (χ4v) is 3.41. The van der Waals surface area contributed by atoms with Crippen LogP contribution >= 0.6 is 22.9 Å². The van der Waals surface area contributed by atoms with Crippen LogP contribution in [0.3, 0.4) is 0 Å². The maximum absolute atomic E-state index is 6.12. The van der Waals surface area contributed by atoms with Crippen molar-refractivity contribution in [2.24, 2.45) is 0 Å². The van der Waals surface area contributed by atoms with Gasteiger partial charge in [0.25, 0.3) is 0 Å². The van der Waals surface area contributed by atoms with Crippen LogP contribution in [0.5, 0.6) is 0 Å². The molecule has 17 heavy (non-hydrogen) atoms. The maximum Gasteiger partial charge on any atom is 0.0558 e. The second-order valence-electron chi connectivity index (χ2n) is 4.32. The molecule has 2 N–H and O–H groups in total. The highest BCUT2D eigenvalue weighted by molar-refractivity contribution is 7.10. The molecule has 2 heterocycles. The first-order valence-corrected chi connectivity index (χ1v) is 6.80. The Morgan fingerprint density at radius 1 is 1.29 bits per heavy atom. The largest absolute Gasteiger partial charge is 0.398 e. The minimum absolute atomic E-state index is 0.874. The van der Waals surface area contributed by atoms with E-state index in [2.05, 4.69) is 11.0 Å². The molecule has 0 fully saturated rings. The number of anilines is 1. The molecule has 0 aliphatic carbocycles. The van der Waals surface area contributed by atoms with E-state index in [4.69, 9.17) is 17.3 Å². The molecular formula is C13H13ClN2S. The fourth-order valence-electron chi connectivity index (χ4n) is 2.27. The summed E-state index contributed by atoms with van der Waals surface area (Å²) < 4.78 is 0. The van der Waals surface area contributed by atoms with Crippen molar-refractivity contribution >= 4 is 28.6 Å². The van der Waals surface area contributed by atoms with Crippen LogP contribution in [0.15, 0.2) is 29.6 Å². The number of nitrogens with zero attached hydrogens (tertiary/aromatic N) is 1. The summed E-state index contributed by atoms with van der Waals surface area (Å²) in [4.78, 5) is 3.61. The quantitative estimate of drug-likeness (QED) is 0.842. The number of halogens is 1. The number of nitrogens with two attached hydrogens (primary N) is 1. The summed E-state index contributed by atoms with van der Waals surface area (Å²) in [5.74, 6) is 0. The predicted molar refractivity (Wildman–Crippen MR) is 73.1 cm³/mol. The second kappa shape index (κ2) is 4.33. The van der Waals surface area contributed by atoms with Gasteiger partial charge >= 0.3 is 0 Å². The van der Waals surface area contributed by atoms with Crippen molar-refractivity contribution in [1.82, 2.24) is 4.90 Å². The zero-order valence-electron chi connectivity index (χ0n) is 9.32. The number of fused-ring (bicyclic) bond motifs is 1. The van der Waals surface area contributed by atoms with Crippen LogP contribution in [-0.4, -0.2) is 4.90 Å². The van der Waals surface area contributed by atoms with Crippen molar-refractivity contribution in [2.45, 2.75) is 19.6 Å². The van der Waals surface area contributed by atoms with Gasteiger partial charge in [0.2, 0.25) is 0 Å². The second-order valence-corrected chi connectivity index (χ2v) is 5.73. The molecule has 0 saturated carbocycles. The fraction of sp³-hybridized carbons (Fsp3) is 0.231. The average Bonchev–Trinajstić information content (AvgIpc) is 2.87. The van der Waals surface area contributed by atoms with E-state index in [1.54, 1.807) is 11.3 Å². The Morgan fingerprint density at radius 2 is 2.18 bits per heavy atom. The van der Waals surface area contributed by atoms with Crippen LogP contribution in [0.4, 0.5) is 5.69 Å². The zero-order chi connectivity index (χ0) is 11.8. The summed E-state index contributed by atoms with van der Waals surface area (Å²) >= 11 is 7.83. The molecule has 88 valence electrons. The molecular weight excluding hydrogens is 252 g/mol. The van der Waals surface area contributed by atoms with E-state index >= 15 is 0 Å². The van der Waals surface area contributed by atoms with Gasteiger partial charge < -0.3 is 5.73 Å². The summed E-state index contributed by atoms with van der Waals surface area (Å²) in [7, 11) is 0. The van der Waals surface area contributed by atoms with E-state index in [0.29, 0.717) is 0 Å². The van der Waals surface area contributed by atoms with Crippen molar-refractivity contribution in [1.29, 1.82) is 0 Å². The van der Waals surface area contributed by atoms with Gasteiger partial charge in [-0.15, -0.1) is 11.3 Å². The zero-order valence-corrected chi connectivity index (χ0v) is 10.9. The third-order valence-electron chi connectivity index (χ3n) is 3.14. The Kier molecular flexibility index (Phi) is 2.82. The molecule has 3 rings (SSSR count). The van der Waals surface area contributed by atoms with Gasteiger partial charge in [0.15, 0.2) is 0 Å². The number of hydrogen-bond donors (Lipinski definition) is 1. The molecule has 0 bridgehead atoms. The maximum atomic E-state index is 6.12. The predicted octanol–water partition coefficient (Wildman–Crippen LogP) is 3.50. The molecule has 0 saturated heterocycles. The van der Waals surface area contributed by atoms with Crippen molar-refractivity contribution < 1.29 is 0 Å². The summed E-state index contributed by atoms with van der Waals surface area (Å²) in [6.45, 7) is 2.80. The summed E-state index contributed by atoms with van der Waals surface area (Å²) in [5.41, 5.74) is 9.52. The van der Waals surface area contributed by atoms with Crippen molar-refractivity contribution in [3.05, 3.63) is 50.7 Å². The van der Waals surface area contributed by atoms with Gasteiger partial charge in [-0.1, -0.05) is 23.7 Å². The molecule has 0 atom stereocenters. The average molecular weight is 265 g/mol. The smallest absolute Gasteiger partial charge is 0.0558 e. The standard InChI is InChI=1S/C13H13ClN2S/c14-11-4-5-17-13(11)8-16-6-9-2-1-3-12(15)10(9)7-16/h1-5H,6-8,15H2. The highest BCUT2D eigenvalue weighted by Crippen LogP contribution is 2.31. The third kappa shape index (κ3) is 2.06. The van der Waals surface area contributed by atoms with Gasteiger partial charge in [-0.05, 0) is 28.6 Å². The van der Waals surface area contributed by atoms with E-state index in [1.165, 1.54) is 16.0 Å². The summed E-state index contributed by atoms with van der Waals surface area (Å²) in [6, 6.07) is 8.11. The van der Waals surface area contributed by atoms with E-state index in [9.17, 15) is 0 Å². The molecule has 4 heteroatoms. The monoisotopic (exact) mass is 264 g/mol. The van der Waals surface area contributed by atoms with Crippen molar-refractivity contribution in [2.75, 3.05) is 5.73 Å². The lowest BCUT2D eigenvalue weighted by atomic mass is 10.1. The lowest BCUT2D eigenvalue weighted by Crippen LogP contribution is -2.15. The molecule has 0 radical (unpaired) electrons. The highest BCUT2D eigenvalue weighted by Gasteiger charge is 2.21. The van der Waals surface area contributed by atoms with Crippen LogP contribution in [-0.2, 0) is 19.6 Å². The normalized spacial score (nSPS) is 15.1. The van der Waals surface area contributed by atoms with Crippen LogP contribution in [0.2, 0.25) is 5.02 Å². The lowest BCUT2D eigenvalue weighted by molar-refractivity contribution is 0.278. The SMILES string of the molecule is Nc1cccc2c1CN(Cc1sccc1Cl)C2. The molecule has 1 aromatic heterocycles. The molecule has 1 aliphatic heterocycles. The summed E-state index contributed by atoms with van der Waals surface area (Å²) in [6.07, 6.45) is 0. The highest BCUT2D eigenvalue weighted by atomic mass is 35.5. The van der Waals surface area contributed by atoms with E-state index in [-0.39, 0.29) is 0 Å². The first-order valence-electron chi connectivity index (χ1n) is 5.54. The van der Waals surface area contributed by atoms with Gasteiger partial charge in [0.1, 0.15) is 0 Å². The Hall–Kier alpha value is -1.03. The van der Waals surface area contributed by atoms with Crippen LogP contribution < -0.4 is 5.73 Å². The lowest BCUT2D eigenvalue weighted by Gasteiger charge is -2.13. The van der Waals surface area contributed by atoms with Crippen LogP contribution in [0.1, 0.15) is 16.0 Å². The van der Waals surface area contributed by atoms with Gasteiger partial charge in [0, 0.05) is 30.2 Å². The molecule has 2 nitrogen and oxygen atoms in total. The molecule has 2 aromatic rings. The number of thiophene rings is 1. The summed E-state index contributed by atoms with van der Waals surface area (Å²) in [5, 5.41) is 2.91. The number of benzene rings is 1. The van der Waals surface area contributed by atoms with E-state index in [1.807, 2.05) is 23.6 Å². The topological polar surface area (TPSA) is 29.3 Å². The molecule has 0 amide bonds. The third-order valence-corrected chi connectivity index (χ3v) is 4.52. The molecule has 0 spiro atoms. The van der Waals surface area contributed by atoms with Crippen molar-refractivity contribution in [3.8, 4) is 0 Å². The number of nitrogen functional groups attached to an aromatic ring is 1. The van der Waals surface area contributed by atoms with E-state index in [0.717, 1.165) is 30.3 Å². The first-order chi connectivity index (χ1) is 8.24. The van der Waals surface area contributed by atoms with Gasteiger partial charge in [0.05, 0.1) is 5.02 Å². The van der Waals surface area contributed by atoms with Gasteiger partial charge in [-0.3, -0.25) is 4.90 Å². The van der Waals surface area contributed by atoms with Gasteiger partial charge in [-0.25, -0.2) is 0 Å². The van der Waals surface area contributed by atoms with Crippen molar-refractivity contribution in [3.63, 3.8) is 0 Å². The Labute approximate surface area is 110 Å². The first kappa shape index (κ1) is 11.1. The Morgan fingerprint density at radius 3 is 2.88 bits per heavy atom. The van der Waals surface area contributed by atoms with Crippen LogP contribution in [0, 0.1) is 0 Å². The molecule has 0 unspecified atom stereocenters. The molecule has 1 aliphatic rings. The number of hydrogen-bond acceptors (Lipinski definition) is 3. The Balaban J connectivity index is 1.79. The van der Waals surface area contributed by atoms with E-state index < -0.39 is 0 Å². The number of rotatable bonds is 2.